The number of H-pyrrole nitrogens is 1. The Balaban J connectivity index is 2.01. The molecule has 0 amide bonds. The minimum absolute atomic E-state index is 0.0475. The van der Waals surface area contributed by atoms with Crippen molar-refractivity contribution in [2.24, 2.45) is 0 Å². The molecule has 0 saturated carbocycles. The van der Waals surface area contributed by atoms with Gasteiger partial charge in [-0.2, -0.15) is 0 Å². The number of aromatic hydroxyl groups is 1. The first-order chi connectivity index (χ1) is 11.6. The van der Waals surface area contributed by atoms with Gasteiger partial charge < -0.3 is 20.1 Å². The molecule has 1 atom stereocenters. The van der Waals surface area contributed by atoms with Gasteiger partial charge in [0, 0.05) is 33.9 Å². The Morgan fingerprint density at radius 1 is 1.21 bits per heavy atom. The maximum absolute atomic E-state index is 13.1. The number of nitrogens with one attached hydrogen (secondary N) is 2. The Labute approximate surface area is 137 Å². The monoisotopic (exact) mass is 322 g/mol. The van der Waals surface area contributed by atoms with Crippen molar-refractivity contribution in [3.05, 3.63) is 59.8 Å². The molecule has 0 fully saturated rings. The van der Waals surface area contributed by atoms with Gasteiger partial charge in [-0.1, -0.05) is 12.1 Å². The zero-order valence-electron chi connectivity index (χ0n) is 12.8. The average molecular weight is 322 g/mol. The zero-order chi connectivity index (χ0) is 16.9. The summed E-state index contributed by atoms with van der Waals surface area (Å²) < 4.78 is 4.94. The first kappa shape index (κ1) is 14.3. The second kappa shape index (κ2) is 4.86. The number of anilines is 1. The Morgan fingerprint density at radius 3 is 2.75 bits per heavy atom. The highest BCUT2D eigenvalue weighted by molar-refractivity contribution is 6.26. The van der Waals surface area contributed by atoms with Crippen molar-refractivity contribution < 1.29 is 19.4 Å². The molecular formula is C18H14N2O4. The number of esters is 1. The summed E-state index contributed by atoms with van der Waals surface area (Å²) in [6.07, 6.45) is 1.60. The number of benzene rings is 2. The zero-order valence-corrected chi connectivity index (χ0v) is 12.8. The molecule has 0 aliphatic carbocycles. The van der Waals surface area contributed by atoms with E-state index < -0.39 is 11.5 Å². The van der Waals surface area contributed by atoms with Crippen molar-refractivity contribution in [3.8, 4) is 5.75 Å². The summed E-state index contributed by atoms with van der Waals surface area (Å²) in [5.74, 6) is -1.03. The molecule has 3 N–H and O–H groups in total. The maximum atomic E-state index is 13.1. The minimum Gasteiger partial charge on any atom is -0.508 e. The van der Waals surface area contributed by atoms with Crippen LogP contribution in [0.2, 0.25) is 0 Å². The Bertz CT molecular complexity index is 992. The predicted molar refractivity (Wildman–Crippen MR) is 88.1 cm³/mol. The van der Waals surface area contributed by atoms with Crippen molar-refractivity contribution in [1.82, 2.24) is 4.98 Å². The number of rotatable bonds is 2. The van der Waals surface area contributed by atoms with E-state index >= 15 is 0 Å². The number of hydrogen-bond donors (Lipinski definition) is 3. The third kappa shape index (κ3) is 1.70. The van der Waals surface area contributed by atoms with Crippen LogP contribution in [0, 0.1) is 0 Å². The van der Waals surface area contributed by atoms with Crippen LogP contribution in [0.5, 0.6) is 5.75 Å². The van der Waals surface area contributed by atoms with Gasteiger partial charge in [0.2, 0.25) is 11.3 Å². The van der Waals surface area contributed by atoms with E-state index in [2.05, 4.69) is 10.3 Å². The Hall–Kier alpha value is -3.28. The summed E-state index contributed by atoms with van der Waals surface area (Å²) in [4.78, 5) is 28.8. The lowest BCUT2D eigenvalue weighted by Crippen LogP contribution is -2.47. The number of ketones is 1. The second-order valence-corrected chi connectivity index (χ2v) is 5.67. The highest BCUT2D eigenvalue weighted by Crippen LogP contribution is 2.43. The van der Waals surface area contributed by atoms with E-state index in [1.165, 1.54) is 19.2 Å². The molecule has 6 heteroatoms. The van der Waals surface area contributed by atoms with Gasteiger partial charge in [-0.25, -0.2) is 4.79 Å². The van der Waals surface area contributed by atoms with Crippen LogP contribution in [0.1, 0.15) is 15.9 Å². The summed E-state index contributed by atoms with van der Waals surface area (Å²) >= 11 is 0. The summed E-state index contributed by atoms with van der Waals surface area (Å²) in [6, 6.07) is 11.7. The van der Waals surface area contributed by atoms with Gasteiger partial charge in [0.25, 0.3) is 0 Å². The molecule has 2 aromatic carbocycles. The van der Waals surface area contributed by atoms with Crippen LogP contribution in [-0.4, -0.2) is 29.0 Å². The number of fused-ring (bicyclic) bond motifs is 2. The molecule has 24 heavy (non-hydrogen) atoms. The Morgan fingerprint density at radius 2 is 2.00 bits per heavy atom. The van der Waals surface area contributed by atoms with Crippen LogP contribution in [0.15, 0.2) is 48.7 Å². The lowest BCUT2D eigenvalue weighted by molar-refractivity contribution is -0.144. The number of para-hydroxylation sites is 1. The van der Waals surface area contributed by atoms with Gasteiger partial charge in [0.05, 0.1) is 7.11 Å². The van der Waals surface area contributed by atoms with E-state index in [1.54, 1.807) is 36.5 Å². The van der Waals surface area contributed by atoms with Crippen LogP contribution in [-0.2, 0) is 15.1 Å². The predicted octanol–water partition coefficient (Wildman–Crippen LogP) is 2.55. The number of aromatic amines is 1. The number of phenolic OH excluding ortho intramolecular Hbond substituents is 1. The molecule has 120 valence electrons. The van der Waals surface area contributed by atoms with E-state index in [0.29, 0.717) is 27.7 Å². The smallest absolute Gasteiger partial charge is 0.344 e. The first-order valence-corrected chi connectivity index (χ1v) is 7.39. The third-order valence-corrected chi connectivity index (χ3v) is 4.40. The fourth-order valence-corrected chi connectivity index (χ4v) is 3.27. The molecule has 6 nitrogen and oxygen atoms in total. The number of aromatic nitrogens is 1. The summed E-state index contributed by atoms with van der Waals surface area (Å²) in [7, 11) is 1.24. The van der Waals surface area contributed by atoms with Crippen molar-refractivity contribution in [2.45, 2.75) is 5.54 Å². The largest absolute Gasteiger partial charge is 0.508 e. The highest BCUT2D eigenvalue weighted by Gasteiger charge is 2.55. The highest BCUT2D eigenvalue weighted by atomic mass is 16.5. The van der Waals surface area contributed by atoms with Crippen LogP contribution >= 0.6 is 0 Å². The van der Waals surface area contributed by atoms with E-state index in [0.717, 1.165) is 0 Å². The van der Waals surface area contributed by atoms with Gasteiger partial charge in [-0.15, -0.1) is 0 Å². The summed E-state index contributed by atoms with van der Waals surface area (Å²) in [5, 5.41) is 13.4. The minimum atomic E-state index is -1.68. The van der Waals surface area contributed by atoms with Crippen LogP contribution in [0.4, 0.5) is 5.69 Å². The second-order valence-electron chi connectivity index (χ2n) is 5.67. The number of carbonyl (C=O) groups excluding carboxylic acids is 2. The number of hydrogen-bond acceptors (Lipinski definition) is 5. The lowest BCUT2D eigenvalue weighted by atomic mass is 9.85. The van der Waals surface area contributed by atoms with Crippen molar-refractivity contribution >= 4 is 28.3 Å². The fourth-order valence-electron chi connectivity index (χ4n) is 3.27. The molecular weight excluding hydrogens is 308 g/mol. The number of ether oxygens (including phenoxy) is 1. The van der Waals surface area contributed by atoms with Gasteiger partial charge in [-0.3, -0.25) is 4.79 Å². The molecule has 1 aliphatic rings. The average Bonchev–Trinajstić information content (AvgIpc) is 3.14. The van der Waals surface area contributed by atoms with Gasteiger partial charge >= 0.3 is 5.97 Å². The molecule has 3 aromatic rings. The number of methoxy groups -OCH3 is 1. The van der Waals surface area contributed by atoms with Crippen molar-refractivity contribution in [1.29, 1.82) is 0 Å². The number of phenols is 1. The first-order valence-electron chi connectivity index (χ1n) is 7.39. The summed E-state index contributed by atoms with van der Waals surface area (Å²) in [5.41, 5.74) is 0.447. The molecule has 0 spiro atoms. The quantitative estimate of drug-likeness (QED) is 0.498. The van der Waals surface area contributed by atoms with E-state index in [-0.39, 0.29) is 11.5 Å². The van der Waals surface area contributed by atoms with Crippen LogP contribution in [0.25, 0.3) is 10.9 Å². The van der Waals surface area contributed by atoms with Gasteiger partial charge in [-0.05, 0) is 30.3 Å². The van der Waals surface area contributed by atoms with Gasteiger partial charge in [0.15, 0.2) is 0 Å². The molecule has 4 rings (SSSR count). The van der Waals surface area contributed by atoms with E-state index in [1.807, 2.05) is 0 Å². The van der Waals surface area contributed by atoms with E-state index in [9.17, 15) is 14.7 Å². The van der Waals surface area contributed by atoms with Gasteiger partial charge in [0.1, 0.15) is 5.75 Å². The van der Waals surface area contributed by atoms with Crippen molar-refractivity contribution in [3.63, 3.8) is 0 Å². The Kier molecular flexibility index (Phi) is 2.90. The SMILES string of the molecule is COC(=O)C1(c2c[nH]c3ccc(O)cc23)Nc2ccccc2C1=O. The molecule has 0 bridgehead atoms. The molecule has 0 saturated heterocycles. The molecule has 0 radical (unpaired) electrons. The molecule has 1 aliphatic heterocycles. The van der Waals surface area contributed by atoms with Crippen LogP contribution < -0.4 is 5.32 Å². The maximum Gasteiger partial charge on any atom is 0.344 e. The molecule has 1 aromatic heterocycles. The lowest BCUT2D eigenvalue weighted by Gasteiger charge is -2.25. The number of Topliss-reactive ketones (excluding diaryl/α,β-unsaturated/α-hetero) is 1. The van der Waals surface area contributed by atoms with Crippen molar-refractivity contribution in [2.75, 3.05) is 12.4 Å². The molecule has 2 heterocycles. The molecule has 1 unspecified atom stereocenters. The third-order valence-electron chi connectivity index (χ3n) is 4.40. The number of carbonyl (C=O) groups is 2. The van der Waals surface area contributed by atoms with E-state index in [4.69, 9.17) is 4.74 Å². The normalized spacial score (nSPS) is 19.1. The fraction of sp³-hybridized carbons (Fsp3) is 0.111. The summed E-state index contributed by atoms with van der Waals surface area (Å²) in [6.45, 7) is 0. The topological polar surface area (TPSA) is 91.4 Å². The van der Waals surface area contributed by atoms with Crippen LogP contribution in [0.3, 0.4) is 0 Å². The standard InChI is InChI=1S/C18H14N2O4/c1-24-17(23)18(16(22)11-4-2-3-5-15(11)20-18)13-9-19-14-7-6-10(21)8-12(13)14/h2-9,19-21H,1H3.